The smallest absolute Gasteiger partial charge is 0.229 e. The van der Waals surface area contributed by atoms with Crippen LogP contribution in [0.25, 0.3) is 0 Å². The highest BCUT2D eigenvalue weighted by Gasteiger charge is 2.18. The molecule has 0 bridgehead atoms. The van der Waals surface area contributed by atoms with Crippen molar-refractivity contribution in [3.8, 4) is 5.75 Å². The number of aliphatic hydroxyl groups is 1. The first-order chi connectivity index (χ1) is 12.0. The lowest BCUT2D eigenvalue weighted by molar-refractivity contribution is 0.135. The van der Waals surface area contributed by atoms with Crippen molar-refractivity contribution in [1.29, 1.82) is 0 Å². The summed E-state index contributed by atoms with van der Waals surface area (Å²) >= 11 is 0. The molecule has 0 aromatic heterocycles. The van der Waals surface area contributed by atoms with Gasteiger partial charge in [-0.05, 0) is 44.0 Å². The largest absolute Gasteiger partial charge is 0.506 e. The van der Waals surface area contributed by atoms with E-state index in [-0.39, 0.29) is 17.5 Å². The van der Waals surface area contributed by atoms with Gasteiger partial charge in [0.25, 0.3) is 0 Å². The topological polar surface area (TPSA) is 98.7 Å². The highest BCUT2D eigenvalue weighted by atomic mass is 32.2. The van der Waals surface area contributed by atoms with Gasteiger partial charge in [0.15, 0.2) is 0 Å². The van der Waals surface area contributed by atoms with Gasteiger partial charge in [-0.2, -0.15) is 0 Å². The van der Waals surface area contributed by atoms with E-state index in [9.17, 15) is 18.6 Å². The summed E-state index contributed by atoms with van der Waals surface area (Å²) < 4.78 is 25.0. The van der Waals surface area contributed by atoms with Crippen molar-refractivity contribution in [2.45, 2.75) is 39.5 Å². The molecule has 0 aliphatic rings. The summed E-state index contributed by atoms with van der Waals surface area (Å²) in [7, 11) is -3.52. The molecule has 0 saturated carbocycles. The van der Waals surface area contributed by atoms with Crippen LogP contribution in [0, 0.1) is 13.8 Å². The Morgan fingerprint density at radius 1 is 1.08 bits per heavy atom. The van der Waals surface area contributed by atoms with Gasteiger partial charge >= 0.3 is 0 Å². The molecule has 2 aromatic carbocycles. The Kier molecular flexibility index (Phi) is 6.28. The predicted molar refractivity (Wildman–Crippen MR) is 104 cm³/mol. The molecule has 0 radical (unpaired) electrons. The fourth-order valence-corrected chi connectivity index (χ4v) is 3.43. The Balaban J connectivity index is 2.09. The fourth-order valence-electron chi connectivity index (χ4n) is 2.87. The minimum Gasteiger partial charge on any atom is -0.506 e. The number of benzene rings is 2. The fraction of sp³-hybridized carbons (Fsp3) is 0.368. The lowest BCUT2D eigenvalue weighted by atomic mass is 10.0. The third-order valence-electron chi connectivity index (χ3n) is 4.04. The molecule has 4 N–H and O–H groups in total. The zero-order valence-corrected chi connectivity index (χ0v) is 16.3. The Labute approximate surface area is 154 Å². The number of phenols is 1. The van der Waals surface area contributed by atoms with E-state index in [0.717, 1.165) is 11.8 Å². The Morgan fingerprint density at radius 2 is 1.69 bits per heavy atom. The molecule has 0 heterocycles. The molecule has 2 rings (SSSR count). The third-order valence-corrected chi connectivity index (χ3v) is 4.63. The number of nitrogens with one attached hydrogen (secondary N) is 2. The Morgan fingerprint density at radius 3 is 2.27 bits per heavy atom. The number of anilines is 1. The van der Waals surface area contributed by atoms with Crippen LogP contribution in [0.3, 0.4) is 0 Å². The predicted octanol–water partition coefficient (Wildman–Crippen LogP) is 2.59. The molecule has 0 aliphatic carbocycles. The van der Waals surface area contributed by atoms with Gasteiger partial charge in [0.1, 0.15) is 5.75 Å². The van der Waals surface area contributed by atoms with Crippen molar-refractivity contribution in [2.24, 2.45) is 0 Å². The standard InChI is InChI=1S/C19H26N2O4S/c1-12-7-13(2)9-15(8-12)11-20-14(3)19(23)16-5-6-18(22)17(10-16)21-26(4,24)25/h5-10,14,19-23H,11H2,1-4H3/t14-,19-/m0/s1. The molecule has 0 fully saturated rings. The molecule has 6 nitrogen and oxygen atoms in total. The van der Waals surface area contributed by atoms with Crippen LogP contribution >= 0.6 is 0 Å². The first kappa shape index (κ1) is 20.2. The van der Waals surface area contributed by atoms with Gasteiger partial charge in [0.05, 0.1) is 18.0 Å². The van der Waals surface area contributed by atoms with Gasteiger partial charge in [0, 0.05) is 12.6 Å². The van der Waals surface area contributed by atoms with E-state index in [2.05, 4.69) is 28.2 Å². The normalized spacial score (nSPS) is 14.0. The van der Waals surface area contributed by atoms with Gasteiger partial charge in [-0.25, -0.2) is 8.42 Å². The number of aryl methyl sites for hydroxylation is 2. The summed E-state index contributed by atoms with van der Waals surface area (Å²) in [5.74, 6) is -0.192. The summed E-state index contributed by atoms with van der Waals surface area (Å²) in [6, 6.07) is 10.4. The van der Waals surface area contributed by atoms with Crippen LogP contribution in [0.1, 0.15) is 35.3 Å². The maximum absolute atomic E-state index is 11.4. The van der Waals surface area contributed by atoms with Crippen molar-refractivity contribution in [3.05, 3.63) is 58.7 Å². The molecule has 0 amide bonds. The number of aliphatic hydroxyl groups excluding tert-OH is 1. The number of phenolic OH excluding ortho intramolecular Hbond substituents is 1. The minimum absolute atomic E-state index is 0.0468. The lowest BCUT2D eigenvalue weighted by Gasteiger charge is -2.22. The van der Waals surface area contributed by atoms with Crippen LogP contribution in [-0.4, -0.2) is 30.9 Å². The molecular weight excluding hydrogens is 352 g/mol. The SMILES string of the molecule is Cc1cc(C)cc(CN[C@@H](C)[C@H](O)c2ccc(O)c(NS(C)(=O)=O)c2)c1. The van der Waals surface area contributed by atoms with Crippen LogP contribution in [0.15, 0.2) is 36.4 Å². The Hall–Kier alpha value is -2.09. The molecule has 2 atom stereocenters. The van der Waals surface area contributed by atoms with E-state index in [1.807, 2.05) is 20.8 Å². The van der Waals surface area contributed by atoms with Gasteiger partial charge in [-0.15, -0.1) is 0 Å². The van der Waals surface area contributed by atoms with Gasteiger partial charge < -0.3 is 15.5 Å². The van der Waals surface area contributed by atoms with Crippen molar-refractivity contribution in [3.63, 3.8) is 0 Å². The second-order valence-corrected chi connectivity index (χ2v) is 8.51. The molecule has 7 heteroatoms. The van der Waals surface area contributed by atoms with Gasteiger partial charge in [0.2, 0.25) is 10.0 Å². The molecule has 0 unspecified atom stereocenters. The average Bonchev–Trinajstić information content (AvgIpc) is 2.52. The molecule has 0 spiro atoms. The zero-order chi connectivity index (χ0) is 19.5. The summed E-state index contributed by atoms with van der Waals surface area (Å²) in [6.07, 6.45) is 0.144. The van der Waals surface area contributed by atoms with Crippen LogP contribution in [-0.2, 0) is 16.6 Å². The van der Waals surface area contributed by atoms with Crippen molar-refractivity contribution in [2.75, 3.05) is 11.0 Å². The van der Waals surface area contributed by atoms with E-state index in [4.69, 9.17) is 0 Å². The van der Waals surface area contributed by atoms with Crippen molar-refractivity contribution >= 4 is 15.7 Å². The zero-order valence-electron chi connectivity index (χ0n) is 15.4. The minimum atomic E-state index is -3.52. The summed E-state index contributed by atoms with van der Waals surface area (Å²) in [4.78, 5) is 0. The molecular formula is C19H26N2O4S. The maximum atomic E-state index is 11.4. The second-order valence-electron chi connectivity index (χ2n) is 6.76. The highest BCUT2D eigenvalue weighted by Crippen LogP contribution is 2.29. The molecule has 142 valence electrons. The van der Waals surface area contributed by atoms with E-state index in [0.29, 0.717) is 12.1 Å². The average molecular weight is 378 g/mol. The van der Waals surface area contributed by atoms with Crippen LogP contribution < -0.4 is 10.0 Å². The van der Waals surface area contributed by atoms with E-state index in [1.54, 1.807) is 6.07 Å². The summed E-state index contributed by atoms with van der Waals surface area (Å²) in [6.45, 7) is 6.54. The number of sulfonamides is 1. The van der Waals surface area contributed by atoms with Crippen LogP contribution in [0.2, 0.25) is 0 Å². The first-order valence-corrected chi connectivity index (χ1v) is 10.2. The van der Waals surface area contributed by atoms with Gasteiger partial charge in [-0.1, -0.05) is 35.4 Å². The summed E-state index contributed by atoms with van der Waals surface area (Å²) in [5, 5.41) is 23.6. The first-order valence-electron chi connectivity index (χ1n) is 8.34. The maximum Gasteiger partial charge on any atom is 0.229 e. The molecule has 0 saturated heterocycles. The van der Waals surface area contributed by atoms with E-state index >= 15 is 0 Å². The second kappa shape index (κ2) is 8.07. The third kappa shape index (κ3) is 5.72. The molecule has 0 aliphatic heterocycles. The Bertz CT molecular complexity index is 861. The molecule has 26 heavy (non-hydrogen) atoms. The monoisotopic (exact) mass is 378 g/mol. The quantitative estimate of drug-likeness (QED) is 0.555. The number of aromatic hydroxyl groups is 1. The highest BCUT2D eigenvalue weighted by molar-refractivity contribution is 7.92. The lowest BCUT2D eigenvalue weighted by Crippen LogP contribution is -2.31. The molecule has 2 aromatic rings. The number of rotatable bonds is 7. The van der Waals surface area contributed by atoms with E-state index in [1.165, 1.54) is 23.3 Å². The van der Waals surface area contributed by atoms with E-state index < -0.39 is 16.1 Å². The van der Waals surface area contributed by atoms with Crippen molar-refractivity contribution < 1.29 is 18.6 Å². The van der Waals surface area contributed by atoms with Crippen LogP contribution in [0.5, 0.6) is 5.75 Å². The van der Waals surface area contributed by atoms with Crippen molar-refractivity contribution in [1.82, 2.24) is 5.32 Å². The van der Waals surface area contributed by atoms with Crippen LogP contribution in [0.4, 0.5) is 5.69 Å². The van der Waals surface area contributed by atoms with Gasteiger partial charge in [-0.3, -0.25) is 4.72 Å². The number of hydrogen-bond donors (Lipinski definition) is 4. The number of hydrogen-bond acceptors (Lipinski definition) is 5. The summed E-state index contributed by atoms with van der Waals surface area (Å²) in [5.41, 5.74) is 4.06.